The number of primary amides is 1. The number of ether oxygens (including phenoxy) is 1. The lowest BCUT2D eigenvalue weighted by Crippen LogP contribution is -2.46. The van der Waals surface area contributed by atoms with Gasteiger partial charge < -0.3 is 20.3 Å². The lowest BCUT2D eigenvalue weighted by Gasteiger charge is -2.32. The van der Waals surface area contributed by atoms with Crippen LogP contribution >= 0.6 is 0 Å². The second-order valence-corrected chi connectivity index (χ2v) is 8.06. The van der Waals surface area contributed by atoms with E-state index in [2.05, 4.69) is 5.10 Å². The first-order valence-corrected chi connectivity index (χ1v) is 10.8. The maximum absolute atomic E-state index is 13.2. The van der Waals surface area contributed by atoms with E-state index in [4.69, 9.17) is 10.5 Å². The number of nitrogens with two attached hydrogens (primary N) is 1. The Morgan fingerprint density at radius 3 is 2.39 bits per heavy atom. The highest BCUT2D eigenvalue weighted by Gasteiger charge is 2.37. The summed E-state index contributed by atoms with van der Waals surface area (Å²) in [6, 6.07) is 4.43. The number of esters is 1. The number of carbonyl (C=O) groups excluding carboxylic acids is 4. The fraction of sp³-hybridized carbons (Fsp3) is 0.500. The van der Waals surface area contributed by atoms with Crippen molar-refractivity contribution < 1.29 is 28.3 Å². The zero-order chi connectivity index (χ0) is 24.1. The molecule has 1 unspecified atom stereocenters. The number of anilines is 1. The van der Waals surface area contributed by atoms with Crippen LogP contribution in [0.3, 0.4) is 0 Å². The van der Waals surface area contributed by atoms with Crippen LogP contribution in [0, 0.1) is 11.7 Å². The minimum atomic E-state index is -0.889. The van der Waals surface area contributed by atoms with E-state index in [1.54, 1.807) is 11.8 Å². The molecule has 10 nitrogen and oxygen atoms in total. The summed E-state index contributed by atoms with van der Waals surface area (Å²) in [4.78, 5) is 52.2. The molecular weight excluding hydrogens is 433 g/mol. The van der Waals surface area contributed by atoms with Gasteiger partial charge in [0.2, 0.25) is 11.8 Å². The Morgan fingerprint density at radius 1 is 1.18 bits per heavy atom. The molecule has 0 radical (unpaired) electrons. The zero-order valence-electron chi connectivity index (χ0n) is 18.7. The van der Waals surface area contributed by atoms with Crippen molar-refractivity contribution in [1.82, 2.24) is 9.80 Å². The van der Waals surface area contributed by atoms with Gasteiger partial charge >= 0.3 is 5.97 Å². The van der Waals surface area contributed by atoms with E-state index in [1.807, 2.05) is 0 Å². The number of carbonyl (C=O) groups is 4. The normalized spacial score (nSPS) is 18.6. The highest BCUT2D eigenvalue weighted by molar-refractivity contribution is 6.40. The molecule has 178 valence electrons. The topological polar surface area (TPSA) is 126 Å². The molecule has 0 bridgehead atoms. The van der Waals surface area contributed by atoms with Gasteiger partial charge in [0.1, 0.15) is 17.6 Å². The summed E-state index contributed by atoms with van der Waals surface area (Å²) < 4.78 is 18.3. The molecule has 33 heavy (non-hydrogen) atoms. The monoisotopic (exact) mass is 461 g/mol. The lowest BCUT2D eigenvalue weighted by atomic mass is 9.97. The van der Waals surface area contributed by atoms with Crippen molar-refractivity contribution in [3.05, 3.63) is 30.1 Å². The van der Waals surface area contributed by atoms with E-state index in [1.165, 1.54) is 41.2 Å². The van der Waals surface area contributed by atoms with Crippen LogP contribution in [0.5, 0.6) is 0 Å². The Morgan fingerprint density at radius 2 is 1.82 bits per heavy atom. The van der Waals surface area contributed by atoms with E-state index in [0.717, 1.165) is 0 Å². The number of hydrazone groups is 1. The first-order chi connectivity index (χ1) is 15.7. The molecule has 0 aliphatic carbocycles. The van der Waals surface area contributed by atoms with Gasteiger partial charge in [-0.2, -0.15) is 5.10 Å². The van der Waals surface area contributed by atoms with Crippen molar-refractivity contribution in [1.29, 1.82) is 0 Å². The van der Waals surface area contributed by atoms with Gasteiger partial charge in [-0.15, -0.1) is 0 Å². The third-order valence-electron chi connectivity index (χ3n) is 5.76. The minimum Gasteiger partial charge on any atom is -0.466 e. The Kier molecular flexibility index (Phi) is 7.62. The smallest absolute Gasteiger partial charge is 0.309 e. The van der Waals surface area contributed by atoms with E-state index in [9.17, 15) is 23.6 Å². The SMILES string of the molecule is CCOC(=O)C1CCN(C(=O)CN(C)C(=O)C2=NN(c3ccc(F)cc3)C(C(N)=O)C2)CC1. The zero-order valence-corrected chi connectivity index (χ0v) is 18.7. The number of hydrogen-bond acceptors (Lipinski definition) is 7. The molecule has 0 spiro atoms. The fourth-order valence-electron chi connectivity index (χ4n) is 3.91. The number of nitrogens with zero attached hydrogens (tertiary/aromatic N) is 4. The van der Waals surface area contributed by atoms with Crippen LogP contribution in [0.2, 0.25) is 0 Å². The van der Waals surface area contributed by atoms with Gasteiger partial charge in [-0.3, -0.25) is 24.2 Å². The van der Waals surface area contributed by atoms with Crippen LogP contribution in [-0.2, 0) is 23.9 Å². The van der Waals surface area contributed by atoms with Crippen molar-refractivity contribution in [2.45, 2.75) is 32.2 Å². The summed E-state index contributed by atoms with van der Waals surface area (Å²) in [5.74, 6) is -2.32. The van der Waals surface area contributed by atoms with Crippen molar-refractivity contribution in [2.24, 2.45) is 16.8 Å². The Hall–Kier alpha value is -3.50. The molecule has 1 aromatic carbocycles. The van der Waals surface area contributed by atoms with E-state index in [-0.39, 0.29) is 36.5 Å². The third-order valence-corrected chi connectivity index (χ3v) is 5.76. The molecular formula is C22H28FN5O5. The molecule has 1 saturated heterocycles. The number of piperidine rings is 1. The van der Waals surface area contributed by atoms with E-state index in [0.29, 0.717) is 38.2 Å². The third kappa shape index (κ3) is 5.65. The quantitative estimate of drug-likeness (QED) is 0.590. The van der Waals surface area contributed by atoms with Gasteiger partial charge in [0.25, 0.3) is 5.91 Å². The number of hydrogen-bond donors (Lipinski definition) is 1. The minimum absolute atomic E-state index is 0.0188. The van der Waals surface area contributed by atoms with Crippen molar-refractivity contribution in [3.63, 3.8) is 0 Å². The molecule has 2 aliphatic rings. The van der Waals surface area contributed by atoms with Crippen molar-refractivity contribution >= 4 is 35.1 Å². The van der Waals surface area contributed by atoms with Crippen LogP contribution in [0.4, 0.5) is 10.1 Å². The Bertz CT molecular complexity index is 943. The van der Waals surface area contributed by atoms with Crippen molar-refractivity contribution in [3.8, 4) is 0 Å². The average Bonchev–Trinajstić information content (AvgIpc) is 3.25. The predicted molar refractivity (Wildman–Crippen MR) is 117 cm³/mol. The summed E-state index contributed by atoms with van der Waals surface area (Å²) in [6.45, 7) is 2.73. The lowest BCUT2D eigenvalue weighted by molar-refractivity contribution is -0.151. The number of likely N-dealkylation sites (tertiary alicyclic amines) is 1. The van der Waals surface area contributed by atoms with Crippen LogP contribution in [0.25, 0.3) is 0 Å². The Labute approximate surface area is 191 Å². The molecule has 3 amide bonds. The van der Waals surface area contributed by atoms with Crippen LogP contribution < -0.4 is 10.7 Å². The summed E-state index contributed by atoms with van der Waals surface area (Å²) in [7, 11) is 1.48. The highest BCUT2D eigenvalue weighted by atomic mass is 19.1. The predicted octanol–water partition coefficient (Wildman–Crippen LogP) is 0.506. The Balaban J connectivity index is 1.60. The maximum Gasteiger partial charge on any atom is 0.309 e. The van der Waals surface area contributed by atoms with Crippen LogP contribution in [-0.4, -0.2) is 78.5 Å². The number of amides is 3. The molecule has 11 heteroatoms. The van der Waals surface area contributed by atoms with Gasteiger partial charge in [-0.05, 0) is 44.0 Å². The van der Waals surface area contributed by atoms with Gasteiger partial charge in [0.15, 0.2) is 0 Å². The van der Waals surface area contributed by atoms with E-state index < -0.39 is 23.7 Å². The molecule has 0 aromatic heterocycles. The first-order valence-electron chi connectivity index (χ1n) is 10.8. The highest BCUT2D eigenvalue weighted by Crippen LogP contribution is 2.25. The molecule has 1 aromatic rings. The van der Waals surface area contributed by atoms with Crippen LogP contribution in [0.15, 0.2) is 29.4 Å². The van der Waals surface area contributed by atoms with Crippen LogP contribution in [0.1, 0.15) is 26.2 Å². The molecule has 2 heterocycles. The van der Waals surface area contributed by atoms with Gasteiger partial charge in [0.05, 0.1) is 24.8 Å². The maximum atomic E-state index is 13.2. The second-order valence-electron chi connectivity index (χ2n) is 8.06. The van der Waals surface area contributed by atoms with Crippen molar-refractivity contribution in [2.75, 3.05) is 38.3 Å². The molecule has 3 rings (SSSR count). The van der Waals surface area contributed by atoms with E-state index >= 15 is 0 Å². The summed E-state index contributed by atoms with van der Waals surface area (Å²) in [6.07, 6.45) is 1.01. The summed E-state index contributed by atoms with van der Waals surface area (Å²) >= 11 is 0. The number of rotatable bonds is 7. The van der Waals surface area contributed by atoms with Gasteiger partial charge in [-0.25, -0.2) is 4.39 Å². The van der Waals surface area contributed by atoms with Gasteiger partial charge in [-0.1, -0.05) is 0 Å². The molecule has 1 atom stereocenters. The number of benzene rings is 1. The number of likely N-dealkylation sites (N-methyl/N-ethyl adjacent to an activating group) is 1. The summed E-state index contributed by atoms with van der Waals surface area (Å²) in [5.41, 5.74) is 5.98. The van der Waals surface area contributed by atoms with Gasteiger partial charge in [0, 0.05) is 26.6 Å². The molecule has 2 N–H and O–H groups in total. The summed E-state index contributed by atoms with van der Waals surface area (Å²) in [5, 5.41) is 5.53. The molecule has 2 aliphatic heterocycles. The number of halogens is 1. The molecule has 1 fully saturated rings. The second kappa shape index (κ2) is 10.4. The largest absolute Gasteiger partial charge is 0.466 e. The standard InChI is InChI=1S/C22H28FN5O5/c1-3-33-22(32)14-8-10-27(11-9-14)19(29)13-26(2)21(31)17-12-18(20(24)30)28(25-17)16-6-4-15(23)5-7-16/h4-7,14,18H,3,8-13H2,1-2H3,(H2,24,30). The fourth-order valence-corrected chi connectivity index (χ4v) is 3.91. The molecule has 0 saturated carbocycles. The first kappa shape index (κ1) is 24.1. The average molecular weight is 461 g/mol.